The van der Waals surface area contributed by atoms with Crippen molar-refractivity contribution in [1.82, 2.24) is 4.90 Å². The van der Waals surface area contributed by atoms with Crippen LogP contribution in [0.2, 0.25) is 0 Å². The first-order valence-corrected chi connectivity index (χ1v) is 5.42. The Labute approximate surface area is 99.0 Å². The predicted molar refractivity (Wildman–Crippen MR) is 66.3 cm³/mol. The number of hydrogen-bond acceptors (Lipinski definition) is 2. The molecule has 0 aromatic heterocycles. The molecule has 0 aliphatic heterocycles. The number of nitriles is 1. The lowest BCUT2D eigenvalue weighted by molar-refractivity contribution is 0.451. The fourth-order valence-electron chi connectivity index (χ4n) is 1.21. The number of hydrogen-bond donors (Lipinski definition) is 0. The van der Waals surface area contributed by atoms with E-state index in [2.05, 4.69) is 22.0 Å². The maximum Gasteiger partial charge on any atom is 0.0961 e. The molecule has 1 aromatic rings. The van der Waals surface area contributed by atoms with Gasteiger partial charge in [-0.05, 0) is 37.9 Å². The molecule has 1 rings (SSSR count). The van der Waals surface area contributed by atoms with Gasteiger partial charge in [0.2, 0.25) is 0 Å². The van der Waals surface area contributed by atoms with Crippen molar-refractivity contribution in [2.75, 3.05) is 20.6 Å². The molecular formula is C12H13BrN2. The van der Waals surface area contributed by atoms with Crippen LogP contribution in [0.4, 0.5) is 0 Å². The third-order valence-corrected chi connectivity index (χ3v) is 2.37. The molecule has 0 bridgehead atoms. The van der Waals surface area contributed by atoms with Gasteiger partial charge in [0.25, 0.3) is 0 Å². The molecule has 0 N–H and O–H groups in total. The van der Waals surface area contributed by atoms with Crippen LogP contribution in [0.25, 0.3) is 6.08 Å². The Balaban J connectivity index is 2.85. The van der Waals surface area contributed by atoms with Crippen LogP contribution >= 0.6 is 15.9 Å². The van der Waals surface area contributed by atoms with E-state index in [1.165, 1.54) is 0 Å². The van der Waals surface area contributed by atoms with E-state index in [1.54, 1.807) is 0 Å². The Morgan fingerprint density at radius 2 is 2.00 bits per heavy atom. The lowest BCUT2D eigenvalue weighted by atomic mass is 10.1. The average Bonchev–Trinajstić information content (AvgIpc) is 2.19. The van der Waals surface area contributed by atoms with Crippen molar-refractivity contribution in [3.8, 4) is 6.07 Å². The zero-order valence-corrected chi connectivity index (χ0v) is 10.5. The highest BCUT2D eigenvalue weighted by atomic mass is 79.9. The smallest absolute Gasteiger partial charge is 0.0961 e. The fraction of sp³-hybridized carbons (Fsp3) is 0.250. The minimum atomic E-state index is 0.673. The molecule has 0 radical (unpaired) electrons. The van der Waals surface area contributed by atoms with Gasteiger partial charge in [-0.1, -0.05) is 28.1 Å². The lowest BCUT2D eigenvalue weighted by Gasteiger charge is -2.07. The third-order valence-electron chi connectivity index (χ3n) is 1.84. The van der Waals surface area contributed by atoms with Crippen LogP contribution in [0, 0.1) is 11.3 Å². The van der Waals surface area contributed by atoms with E-state index in [9.17, 15) is 0 Å². The molecule has 0 heterocycles. The zero-order valence-electron chi connectivity index (χ0n) is 8.87. The van der Waals surface area contributed by atoms with Gasteiger partial charge in [-0.15, -0.1) is 0 Å². The fourth-order valence-corrected chi connectivity index (χ4v) is 1.48. The van der Waals surface area contributed by atoms with Gasteiger partial charge in [-0.3, -0.25) is 0 Å². The molecule has 0 atom stereocenters. The van der Waals surface area contributed by atoms with Crippen LogP contribution < -0.4 is 0 Å². The van der Waals surface area contributed by atoms with E-state index < -0.39 is 0 Å². The molecule has 2 nitrogen and oxygen atoms in total. The van der Waals surface area contributed by atoms with Gasteiger partial charge < -0.3 is 4.90 Å². The van der Waals surface area contributed by atoms with E-state index >= 15 is 0 Å². The molecular weight excluding hydrogens is 252 g/mol. The van der Waals surface area contributed by atoms with Crippen molar-refractivity contribution in [3.63, 3.8) is 0 Å². The number of likely N-dealkylation sites (N-methyl/N-ethyl adjacent to an activating group) is 1. The van der Waals surface area contributed by atoms with Crippen LogP contribution in [0.15, 0.2) is 34.3 Å². The number of rotatable bonds is 3. The summed E-state index contributed by atoms with van der Waals surface area (Å²) >= 11 is 3.38. The molecule has 0 fully saturated rings. The van der Waals surface area contributed by atoms with E-state index in [-0.39, 0.29) is 0 Å². The first kappa shape index (κ1) is 12.0. The maximum atomic E-state index is 8.94. The average molecular weight is 265 g/mol. The number of nitrogens with zero attached hydrogens (tertiary/aromatic N) is 2. The van der Waals surface area contributed by atoms with Crippen LogP contribution in [-0.2, 0) is 0 Å². The lowest BCUT2D eigenvalue weighted by Crippen LogP contribution is -2.14. The molecule has 0 saturated carbocycles. The second-order valence-electron chi connectivity index (χ2n) is 3.57. The van der Waals surface area contributed by atoms with E-state index in [0.29, 0.717) is 6.54 Å². The summed E-state index contributed by atoms with van der Waals surface area (Å²) in [5, 5.41) is 8.94. The van der Waals surface area contributed by atoms with Gasteiger partial charge in [0, 0.05) is 16.6 Å². The minimum Gasteiger partial charge on any atom is -0.304 e. The maximum absolute atomic E-state index is 8.94. The number of benzene rings is 1. The first-order chi connectivity index (χ1) is 7.11. The van der Waals surface area contributed by atoms with Crippen molar-refractivity contribution in [1.29, 1.82) is 5.26 Å². The predicted octanol–water partition coefficient (Wildman–Crippen LogP) is 2.92. The molecule has 3 heteroatoms. The van der Waals surface area contributed by atoms with Crippen LogP contribution in [0.1, 0.15) is 5.56 Å². The van der Waals surface area contributed by atoms with Gasteiger partial charge in [-0.25, -0.2) is 0 Å². The Bertz CT molecular complexity index is 385. The Kier molecular flexibility index (Phi) is 4.54. The monoisotopic (exact) mass is 264 g/mol. The zero-order chi connectivity index (χ0) is 11.3. The van der Waals surface area contributed by atoms with E-state index in [1.807, 2.05) is 49.3 Å². The van der Waals surface area contributed by atoms with Gasteiger partial charge in [-0.2, -0.15) is 5.26 Å². The van der Waals surface area contributed by atoms with Crippen molar-refractivity contribution < 1.29 is 0 Å². The summed E-state index contributed by atoms with van der Waals surface area (Å²) in [6.45, 7) is 0.673. The van der Waals surface area contributed by atoms with Gasteiger partial charge in [0.1, 0.15) is 0 Å². The summed E-state index contributed by atoms with van der Waals surface area (Å²) in [4.78, 5) is 1.98. The highest BCUT2D eigenvalue weighted by Gasteiger charge is 1.98. The molecule has 15 heavy (non-hydrogen) atoms. The SMILES string of the molecule is CN(C)C/C(C#N)=C/c1ccc(Br)cc1. The first-order valence-electron chi connectivity index (χ1n) is 4.63. The molecule has 0 unspecified atom stereocenters. The van der Waals surface area contributed by atoms with Gasteiger partial charge in [0.05, 0.1) is 6.07 Å². The highest BCUT2D eigenvalue weighted by Crippen LogP contribution is 2.13. The second-order valence-corrected chi connectivity index (χ2v) is 4.49. The van der Waals surface area contributed by atoms with Crippen LogP contribution in [0.3, 0.4) is 0 Å². The minimum absolute atomic E-state index is 0.673. The summed E-state index contributed by atoms with van der Waals surface area (Å²) in [5.74, 6) is 0. The van der Waals surface area contributed by atoms with Crippen molar-refractivity contribution in [3.05, 3.63) is 39.9 Å². The Morgan fingerprint density at radius 3 is 2.47 bits per heavy atom. The van der Waals surface area contributed by atoms with Crippen molar-refractivity contribution in [2.24, 2.45) is 0 Å². The molecule has 0 aliphatic rings. The van der Waals surface area contributed by atoms with Crippen LogP contribution in [0.5, 0.6) is 0 Å². The quantitative estimate of drug-likeness (QED) is 0.786. The Hall–Kier alpha value is -1.11. The Morgan fingerprint density at radius 1 is 1.40 bits per heavy atom. The molecule has 0 spiro atoms. The highest BCUT2D eigenvalue weighted by molar-refractivity contribution is 9.10. The largest absolute Gasteiger partial charge is 0.304 e. The summed E-state index contributed by atoms with van der Waals surface area (Å²) in [6.07, 6.45) is 1.91. The summed E-state index contributed by atoms with van der Waals surface area (Å²) in [6, 6.07) is 10.1. The topological polar surface area (TPSA) is 27.0 Å². The molecule has 0 saturated heterocycles. The summed E-state index contributed by atoms with van der Waals surface area (Å²) in [5.41, 5.74) is 1.82. The molecule has 0 amide bonds. The standard InChI is InChI=1S/C12H13BrN2/c1-15(2)9-11(8-14)7-10-3-5-12(13)6-4-10/h3-7H,9H2,1-2H3/b11-7+. The number of halogens is 1. The third kappa shape index (κ3) is 4.28. The van der Waals surface area contributed by atoms with Gasteiger partial charge >= 0.3 is 0 Å². The summed E-state index contributed by atoms with van der Waals surface area (Å²) in [7, 11) is 3.90. The molecule has 0 aliphatic carbocycles. The summed E-state index contributed by atoms with van der Waals surface area (Å²) < 4.78 is 1.05. The van der Waals surface area contributed by atoms with Crippen molar-refractivity contribution in [2.45, 2.75) is 0 Å². The molecule has 78 valence electrons. The van der Waals surface area contributed by atoms with E-state index in [0.717, 1.165) is 15.6 Å². The molecule has 1 aromatic carbocycles. The van der Waals surface area contributed by atoms with Crippen molar-refractivity contribution >= 4 is 22.0 Å². The van der Waals surface area contributed by atoms with Gasteiger partial charge in [0.15, 0.2) is 0 Å². The van der Waals surface area contributed by atoms with E-state index in [4.69, 9.17) is 5.26 Å². The second kappa shape index (κ2) is 5.69. The normalized spacial score (nSPS) is 11.5. The van der Waals surface area contributed by atoms with Crippen LogP contribution in [-0.4, -0.2) is 25.5 Å².